The minimum atomic E-state index is -1.10. The molecular weight excluding hydrogens is 210 g/mol. The number of hydrogen-bond acceptors (Lipinski definition) is 4. The van der Waals surface area contributed by atoms with Crippen LogP contribution in [0.5, 0.6) is 0 Å². The van der Waals surface area contributed by atoms with E-state index in [0.29, 0.717) is 19.3 Å². The predicted octanol–water partition coefficient (Wildman–Crippen LogP) is 1.55. The lowest BCUT2D eigenvalue weighted by Gasteiger charge is -2.41. The minimum Gasteiger partial charge on any atom is -0.389 e. The molecule has 0 bridgehead atoms. The molecule has 0 unspecified atom stereocenters. The summed E-state index contributed by atoms with van der Waals surface area (Å²) in [7, 11) is 0. The molecule has 0 amide bonds. The third-order valence-corrected chi connectivity index (χ3v) is 3.97. The average Bonchev–Trinajstić information content (AvgIpc) is 2.17. The van der Waals surface area contributed by atoms with Crippen LogP contribution in [-0.4, -0.2) is 27.0 Å². The molecule has 1 fully saturated rings. The molecule has 0 heterocycles. The number of Topliss-reactive ketones (excluding diaryl/α,β-unsaturated/α-hetero) is 1. The van der Waals surface area contributed by atoms with E-state index in [1.165, 1.54) is 6.92 Å². The summed E-state index contributed by atoms with van der Waals surface area (Å²) >= 11 is 0. The van der Waals surface area contributed by atoms with E-state index in [1.807, 2.05) is 0 Å². The Bertz CT molecular complexity index is 313. The fraction of sp³-hybridized carbons (Fsp3) is 0.909. The molecule has 92 valence electrons. The van der Waals surface area contributed by atoms with Gasteiger partial charge in [0.15, 0.2) is 0 Å². The molecule has 1 aliphatic rings. The monoisotopic (exact) mass is 229 g/mol. The van der Waals surface area contributed by atoms with Crippen molar-refractivity contribution in [3.63, 3.8) is 0 Å². The fourth-order valence-electron chi connectivity index (χ4n) is 2.56. The molecule has 0 aromatic rings. The maximum absolute atomic E-state index is 11.5. The van der Waals surface area contributed by atoms with E-state index >= 15 is 0 Å². The molecule has 0 aromatic heterocycles. The number of aliphatic hydroxyl groups is 1. The Labute approximate surface area is 95.0 Å². The van der Waals surface area contributed by atoms with E-state index in [9.17, 15) is 20.0 Å². The Hall–Kier alpha value is -0.970. The van der Waals surface area contributed by atoms with E-state index in [-0.39, 0.29) is 17.1 Å². The highest BCUT2D eigenvalue weighted by molar-refractivity contribution is 5.79. The van der Waals surface area contributed by atoms with Crippen molar-refractivity contribution in [2.75, 3.05) is 0 Å². The Morgan fingerprint density at radius 2 is 2.12 bits per heavy atom. The molecule has 1 N–H and O–H groups in total. The summed E-state index contributed by atoms with van der Waals surface area (Å²) in [5, 5.41) is 21.2. The van der Waals surface area contributed by atoms with Gasteiger partial charge in [0.05, 0.1) is 11.5 Å². The zero-order valence-corrected chi connectivity index (χ0v) is 10.0. The van der Waals surface area contributed by atoms with Crippen molar-refractivity contribution >= 4 is 5.78 Å². The number of carbonyl (C=O) groups excluding carboxylic acids is 1. The third-order valence-electron chi connectivity index (χ3n) is 3.97. The van der Waals surface area contributed by atoms with Crippen LogP contribution in [0.25, 0.3) is 0 Å². The SMILES string of the molecule is CC[C@@]1([N+](=O)[O-])CC[C@@](C)(O)[C@@H](C(C)=O)C1. The lowest BCUT2D eigenvalue weighted by Crippen LogP contribution is -2.53. The van der Waals surface area contributed by atoms with Gasteiger partial charge < -0.3 is 5.11 Å². The molecule has 3 atom stereocenters. The van der Waals surface area contributed by atoms with Crippen molar-refractivity contribution in [2.45, 2.75) is 57.6 Å². The largest absolute Gasteiger partial charge is 0.389 e. The summed E-state index contributed by atoms with van der Waals surface area (Å²) in [5.41, 5.74) is -2.13. The Morgan fingerprint density at radius 3 is 2.50 bits per heavy atom. The predicted molar refractivity (Wildman–Crippen MR) is 58.7 cm³/mol. The number of nitro groups is 1. The zero-order valence-electron chi connectivity index (χ0n) is 10.0. The first-order valence-electron chi connectivity index (χ1n) is 5.62. The first kappa shape index (κ1) is 13.1. The summed E-state index contributed by atoms with van der Waals surface area (Å²) in [6, 6.07) is 0. The van der Waals surface area contributed by atoms with Crippen LogP contribution in [0.15, 0.2) is 0 Å². The van der Waals surface area contributed by atoms with Gasteiger partial charge in [0.1, 0.15) is 5.78 Å². The molecule has 16 heavy (non-hydrogen) atoms. The van der Waals surface area contributed by atoms with Gasteiger partial charge in [-0.3, -0.25) is 14.9 Å². The summed E-state index contributed by atoms with van der Waals surface area (Å²) in [6.45, 7) is 4.75. The fourth-order valence-corrected chi connectivity index (χ4v) is 2.56. The van der Waals surface area contributed by atoms with Crippen LogP contribution < -0.4 is 0 Å². The smallest absolute Gasteiger partial charge is 0.222 e. The van der Waals surface area contributed by atoms with Crippen LogP contribution in [0, 0.1) is 16.0 Å². The second-order valence-corrected chi connectivity index (χ2v) is 5.06. The number of carbonyl (C=O) groups is 1. The van der Waals surface area contributed by atoms with Gasteiger partial charge in [0.2, 0.25) is 5.54 Å². The molecule has 0 saturated heterocycles. The van der Waals surface area contributed by atoms with Gasteiger partial charge in [0, 0.05) is 24.2 Å². The van der Waals surface area contributed by atoms with Gasteiger partial charge in [-0.2, -0.15) is 0 Å². The molecule has 0 aliphatic heterocycles. The highest BCUT2D eigenvalue weighted by atomic mass is 16.6. The second kappa shape index (κ2) is 4.13. The molecule has 1 aliphatic carbocycles. The highest BCUT2D eigenvalue weighted by Gasteiger charge is 2.53. The van der Waals surface area contributed by atoms with Gasteiger partial charge in [-0.25, -0.2) is 0 Å². The van der Waals surface area contributed by atoms with Crippen LogP contribution in [-0.2, 0) is 4.79 Å². The molecule has 5 nitrogen and oxygen atoms in total. The highest BCUT2D eigenvalue weighted by Crippen LogP contribution is 2.42. The second-order valence-electron chi connectivity index (χ2n) is 5.06. The summed E-state index contributed by atoms with van der Waals surface area (Å²) in [6.07, 6.45) is 1.21. The van der Waals surface area contributed by atoms with Gasteiger partial charge in [0.25, 0.3) is 0 Å². The van der Waals surface area contributed by atoms with E-state index in [1.54, 1.807) is 13.8 Å². The topological polar surface area (TPSA) is 80.4 Å². The van der Waals surface area contributed by atoms with E-state index < -0.39 is 17.1 Å². The van der Waals surface area contributed by atoms with E-state index in [4.69, 9.17) is 0 Å². The Morgan fingerprint density at radius 1 is 1.56 bits per heavy atom. The molecule has 0 radical (unpaired) electrons. The summed E-state index contributed by atoms with van der Waals surface area (Å²) in [4.78, 5) is 22.3. The standard InChI is InChI=1S/C11H19NO4/c1-4-11(12(15)16)6-5-10(3,14)9(7-11)8(2)13/h9,14H,4-7H2,1-3H3/t9-,10-,11-/m1/s1. The van der Waals surface area contributed by atoms with Crippen LogP contribution in [0.2, 0.25) is 0 Å². The minimum absolute atomic E-state index is 0.152. The van der Waals surface area contributed by atoms with Crippen LogP contribution in [0.4, 0.5) is 0 Å². The normalized spacial score (nSPS) is 39.4. The molecule has 0 aromatic carbocycles. The van der Waals surface area contributed by atoms with Gasteiger partial charge in [-0.05, 0) is 20.3 Å². The van der Waals surface area contributed by atoms with Gasteiger partial charge in [-0.15, -0.1) is 0 Å². The maximum atomic E-state index is 11.5. The number of ketones is 1. The Kier molecular flexibility index (Phi) is 3.38. The number of hydrogen-bond donors (Lipinski definition) is 1. The average molecular weight is 229 g/mol. The van der Waals surface area contributed by atoms with Crippen molar-refractivity contribution in [1.82, 2.24) is 0 Å². The Balaban J connectivity index is 3.00. The third kappa shape index (κ3) is 2.09. The number of rotatable bonds is 3. The number of nitrogens with zero attached hydrogens (tertiary/aromatic N) is 1. The molecule has 5 heteroatoms. The summed E-state index contributed by atoms with van der Waals surface area (Å²) in [5.74, 6) is -0.782. The lowest BCUT2D eigenvalue weighted by molar-refractivity contribution is -0.578. The zero-order chi connectivity index (χ0) is 12.6. The van der Waals surface area contributed by atoms with Gasteiger partial charge >= 0.3 is 0 Å². The quantitative estimate of drug-likeness (QED) is 0.588. The molecule has 1 saturated carbocycles. The van der Waals surface area contributed by atoms with Crippen LogP contribution in [0.3, 0.4) is 0 Å². The van der Waals surface area contributed by atoms with Crippen molar-refractivity contribution in [3.05, 3.63) is 10.1 Å². The summed E-state index contributed by atoms with van der Waals surface area (Å²) < 4.78 is 0. The van der Waals surface area contributed by atoms with E-state index in [2.05, 4.69) is 0 Å². The molecule has 0 spiro atoms. The lowest BCUT2D eigenvalue weighted by atomic mass is 9.66. The van der Waals surface area contributed by atoms with Crippen molar-refractivity contribution in [3.8, 4) is 0 Å². The van der Waals surface area contributed by atoms with Gasteiger partial charge in [-0.1, -0.05) is 6.92 Å². The van der Waals surface area contributed by atoms with Crippen molar-refractivity contribution in [2.24, 2.45) is 5.92 Å². The van der Waals surface area contributed by atoms with Crippen molar-refractivity contribution < 1.29 is 14.8 Å². The first-order valence-corrected chi connectivity index (χ1v) is 5.62. The van der Waals surface area contributed by atoms with E-state index in [0.717, 1.165) is 0 Å². The van der Waals surface area contributed by atoms with Crippen LogP contribution >= 0.6 is 0 Å². The van der Waals surface area contributed by atoms with Crippen molar-refractivity contribution in [1.29, 1.82) is 0 Å². The first-order chi connectivity index (χ1) is 7.25. The molecule has 1 rings (SSSR count). The molecular formula is C11H19NO4. The van der Waals surface area contributed by atoms with Crippen LogP contribution in [0.1, 0.15) is 46.5 Å². The maximum Gasteiger partial charge on any atom is 0.222 e.